The fourth-order valence-electron chi connectivity index (χ4n) is 2.80. The van der Waals surface area contributed by atoms with Crippen LogP contribution in [0.15, 0.2) is 12.1 Å². The average Bonchev–Trinajstić information content (AvgIpc) is 2.91. The van der Waals surface area contributed by atoms with Crippen LogP contribution < -0.4 is 10.6 Å². The summed E-state index contributed by atoms with van der Waals surface area (Å²) in [6, 6.07) is 4.55. The second-order valence-corrected chi connectivity index (χ2v) is 6.71. The SMILES string of the molecule is Cc1cc(-c2sc(N3CCOC[C@@H]3C)nc2CN)cc(C)n1.S. The van der Waals surface area contributed by atoms with E-state index >= 15 is 0 Å². The molecule has 7 heteroatoms. The van der Waals surface area contributed by atoms with Crippen molar-refractivity contribution >= 4 is 30.0 Å². The molecule has 0 bridgehead atoms. The Morgan fingerprint density at radius 2 is 2.00 bits per heavy atom. The van der Waals surface area contributed by atoms with E-state index in [-0.39, 0.29) is 13.5 Å². The van der Waals surface area contributed by atoms with Crippen LogP contribution in [-0.2, 0) is 11.3 Å². The molecule has 0 unspecified atom stereocenters. The Hall–Kier alpha value is -1.15. The molecular formula is C16H24N4OS2. The maximum absolute atomic E-state index is 5.93. The minimum absolute atomic E-state index is 0. The number of morpholine rings is 1. The van der Waals surface area contributed by atoms with Gasteiger partial charge in [-0.1, -0.05) is 11.3 Å². The van der Waals surface area contributed by atoms with E-state index in [1.54, 1.807) is 11.3 Å². The van der Waals surface area contributed by atoms with E-state index in [1.807, 2.05) is 13.8 Å². The van der Waals surface area contributed by atoms with Gasteiger partial charge in [-0.25, -0.2) is 4.98 Å². The van der Waals surface area contributed by atoms with Gasteiger partial charge < -0.3 is 15.4 Å². The van der Waals surface area contributed by atoms with Crippen LogP contribution in [0.25, 0.3) is 10.4 Å². The van der Waals surface area contributed by atoms with Gasteiger partial charge >= 0.3 is 0 Å². The zero-order valence-corrected chi connectivity index (χ0v) is 15.6. The average molecular weight is 353 g/mol. The quantitative estimate of drug-likeness (QED) is 0.920. The summed E-state index contributed by atoms with van der Waals surface area (Å²) in [7, 11) is 0. The van der Waals surface area contributed by atoms with E-state index in [4.69, 9.17) is 15.5 Å². The van der Waals surface area contributed by atoms with Gasteiger partial charge in [0.15, 0.2) is 5.13 Å². The van der Waals surface area contributed by atoms with Gasteiger partial charge in [0.1, 0.15) is 0 Å². The molecule has 1 fully saturated rings. The Bertz CT molecular complexity index is 654. The van der Waals surface area contributed by atoms with Gasteiger partial charge in [-0.15, -0.1) is 0 Å². The van der Waals surface area contributed by atoms with Gasteiger partial charge in [-0.05, 0) is 38.5 Å². The van der Waals surface area contributed by atoms with Crippen molar-refractivity contribution in [2.75, 3.05) is 24.7 Å². The van der Waals surface area contributed by atoms with Gasteiger partial charge in [0.05, 0.1) is 29.8 Å². The van der Waals surface area contributed by atoms with Crippen molar-refractivity contribution < 1.29 is 4.74 Å². The molecule has 2 aromatic rings. The van der Waals surface area contributed by atoms with Crippen molar-refractivity contribution in [3.05, 3.63) is 29.2 Å². The Labute approximate surface area is 148 Å². The lowest BCUT2D eigenvalue weighted by molar-refractivity contribution is 0.0989. The number of aryl methyl sites for hydroxylation is 2. The molecule has 126 valence electrons. The highest BCUT2D eigenvalue weighted by Crippen LogP contribution is 2.36. The van der Waals surface area contributed by atoms with Crippen LogP contribution in [-0.4, -0.2) is 35.8 Å². The standard InChI is InChI=1S/C16H22N4OS.H2S/c1-10-6-13(7-11(2)18-10)15-14(8-17)19-16(22-15)20-4-5-21-9-12(20)3;/h6-7,12H,4-5,8-9,17H2,1-3H3;1H2/t12-;/m0./s1. The monoisotopic (exact) mass is 352 g/mol. The summed E-state index contributed by atoms with van der Waals surface area (Å²) in [6.45, 7) is 9.04. The van der Waals surface area contributed by atoms with Crippen molar-refractivity contribution in [3.8, 4) is 10.4 Å². The summed E-state index contributed by atoms with van der Waals surface area (Å²) >= 11 is 1.72. The number of nitrogens with two attached hydrogens (primary N) is 1. The zero-order chi connectivity index (χ0) is 15.7. The fraction of sp³-hybridized carbons (Fsp3) is 0.500. The number of anilines is 1. The number of rotatable bonds is 3. The molecule has 0 saturated carbocycles. The molecule has 5 nitrogen and oxygen atoms in total. The van der Waals surface area contributed by atoms with Gasteiger partial charge in [0.2, 0.25) is 0 Å². The summed E-state index contributed by atoms with van der Waals surface area (Å²) < 4.78 is 5.52. The highest BCUT2D eigenvalue weighted by atomic mass is 32.1. The lowest BCUT2D eigenvalue weighted by Crippen LogP contribution is -2.43. The van der Waals surface area contributed by atoms with E-state index < -0.39 is 0 Å². The first-order valence-electron chi connectivity index (χ1n) is 7.58. The zero-order valence-electron chi connectivity index (χ0n) is 13.8. The third kappa shape index (κ3) is 3.85. The Balaban J connectivity index is 0.00000192. The molecular weight excluding hydrogens is 328 g/mol. The van der Waals surface area contributed by atoms with Crippen molar-refractivity contribution in [2.24, 2.45) is 5.73 Å². The van der Waals surface area contributed by atoms with Gasteiger partial charge in [0.25, 0.3) is 0 Å². The third-order valence-corrected chi connectivity index (χ3v) is 5.02. The number of thiazole rings is 1. The predicted octanol–water partition coefficient (Wildman–Crippen LogP) is 2.62. The van der Waals surface area contributed by atoms with E-state index in [2.05, 4.69) is 28.9 Å². The molecule has 0 radical (unpaired) electrons. The van der Waals surface area contributed by atoms with E-state index in [1.165, 1.54) is 0 Å². The predicted molar refractivity (Wildman–Crippen MR) is 101 cm³/mol. The molecule has 1 aliphatic heterocycles. The fourth-order valence-corrected chi connectivity index (χ4v) is 4.01. The van der Waals surface area contributed by atoms with Crippen LogP contribution in [0.2, 0.25) is 0 Å². The first-order valence-corrected chi connectivity index (χ1v) is 8.40. The minimum Gasteiger partial charge on any atom is -0.377 e. The Morgan fingerprint density at radius 3 is 2.61 bits per heavy atom. The Morgan fingerprint density at radius 1 is 1.30 bits per heavy atom. The molecule has 1 aliphatic rings. The van der Waals surface area contributed by atoms with Crippen LogP contribution in [0.5, 0.6) is 0 Å². The Kier molecular flexibility index (Phi) is 6.02. The molecule has 0 aromatic carbocycles. The van der Waals surface area contributed by atoms with Crippen molar-refractivity contribution in [3.63, 3.8) is 0 Å². The number of hydrogen-bond acceptors (Lipinski definition) is 6. The first-order chi connectivity index (χ1) is 10.6. The molecule has 3 heterocycles. The van der Waals surface area contributed by atoms with Crippen molar-refractivity contribution in [1.29, 1.82) is 0 Å². The van der Waals surface area contributed by atoms with Crippen molar-refractivity contribution in [1.82, 2.24) is 9.97 Å². The minimum atomic E-state index is 0. The van der Waals surface area contributed by atoms with Gasteiger partial charge in [-0.2, -0.15) is 13.5 Å². The van der Waals surface area contributed by atoms with Crippen LogP contribution in [0.4, 0.5) is 5.13 Å². The first kappa shape index (κ1) is 18.2. The number of hydrogen-bond donors (Lipinski definition) is 1. The number of pyridine rings is 1. The van der Waals surface area contributed by atoms with Crippen LogP contribution in [0.3, 0.4) is 0 Å². The number of ether oxygens (including phenoxy) is 1. The van der Waals surface area contributed by atoms with Crippen LogP contribution in [0, 0.1) is 13.8 Å². The maximum Gasteiger partial charge on any atom is 0.186 e. The van der Waals surface area contributed by atoms with Gasteiger partial charge in [0, 0.05) is 24.5 Å². The summed E-state index contributed by atoms with van der Waals surface area (Å²) in [4.78, 5) is 12.7. The summed E-state index contributed by atoms with van der Waals surface area (Å²) in [6.07, 6.45) is 0. The number of nitrogens with zero attached hydrogens (tertiary/aromatic N) is 3. The third-order valence-electron chi connectivity index (χ3n) is 3.84. The molecule has 1 atom stereocenters. The van der Waals surface area contributed by atoms with Crippen molar-refractivity contribution in [2.45, 2.75) is 33.4 Å². The molecule has 0 aliphatic carbocycles. The highest BCUT2D eigenvalue weighted by molar-refractivity contribution is 7.59. The normalized spacial score (nSPS) is 17.9. The molecule has 2 N–H and O–H groups in total. The summed E-state index contributed by atoms with van der Waals surface area (Å²) in [5.41, 5.74) is 10.1. The summed E-state index contributed by atoms with van der Waals surface area (Å²) in [5.74, 6) is 0. The smallest absolute Gasteiger partial charge is 0.186 e. The number of aromatic nitrogens is 2. The molecule has 3 rings (SSSR count). The lowest BCUT2D eigenvalue weighted by atomic mass is 10.1. The van der Waals surface area contributed by atoms with E-state index in [9.17, 15) is 0 Å². The molecule has 2 aromatic heterocycles. The van der Waals surface area contributed by atoms with E-state index in [0.29, 0.717) is 12.6 Å². The van der Waals surface area contributed by atoms with Gasteiger partial charge in [-0.3, -0.25) is 4.98 Å². The highest BCUT2D eigenvalue weighted by Gasteiger charge is 2.24. The van der Waals surface area contributed by atoms with E-state index in [0.717, 1.165) is 52.4 Å². The topological polar surface area (TPSA) is 64.3 Å². The lowest BCUT2D eigenvalue weighted by Gasteiger charge is -2.32. The second kappa shape index (κ2) is 7.61. The molecule has 1 saturated heterocycles. The van der Waals surface area contributed by atoms with Crippen LogP contribution in [0.1, 0.15) is 24.0 Å². The van der Waals surface area contributed by atoms with Crippen LogP contribution >= 0.6 is 24.8 Å². The summed E-state index contributed by atoms with van der Waals surface area (Å²) in [5, 5.41) is 1.04. The largest absolute Gasteiger partial charge is 0.377 e. The molecule has 0 spiro atoms. The maximum atomic E-state index is 5.93. The second-order valence-electron chi connectivity index (χ2n) is 5.73. The molecule has 23 heavy (non-hydrogen) atoms. The molecule has 0 amide bonds.